The van der Waals surface area contributed by atoms with E-state index in [9.17, 15) is 4.79 Å². The summed E-state index contributed by atoms with van der Waals surface area (Å²) in [5, 5.41) is 12.1. The summed E-state index contributed by atoms with van der Waals surface area (Å²) in [6.07, 6.45) is 0.670. The maximum absolute atomic E-state index is 11.1. The van der Waals surface area contributed by atoms with E-state index < -0.39 is 0 Å². The number of carbonyl (C=O) groups is 1. The van der Waals surface area contributed by atoms with Gasteiger partial charge in [0, 0.05) is 13.0 Å². The third kappa shape index (κ3) is 5.40. The first-order chi connectivity index (χ1) is 13.7. The predicted molar refractivity (Wildman–Crippen MR) is 105 cm³/mol. The lowest BCUT2D eigenvalue weighted by atomic mass is 10.2. The number of rotatable bonds is 9. The fraction of sp³-hybridized carbons (Fsp3) is 0.286. The number of hydrogen-bond acceptors (Lipinski definition) is 6. The molecule has 146 valence electrons. The molecule has 1 aromatic heterocycles. The van der Waals surface area contributed by atoms with Crippen LogP contribution in [0.1, 0.15) is 17.0 Å². The van der Waals surface area contributed by atoms with Crippen molar-refractivity contribution in [1.82, 2.24) is 20.3 Å². The number of aromatic nitrogens is 3. The highest BCUT2D eigenvalue weighted by molar-refractivity contribution is 5.71. The maximum Gasteiger partial charge on any atom is 0.319 e. The summed E-state index contributed by atoms with van der Waals surface area (Å²) in [5.74, 6) is 0.497. The predicted octanol–water partition coefficient (Wildman–Crippen LogP) is 2.46. The molecule has 0 saturated carbocycles. The number of nitrogens with one attached hydrogen (secondary N) is 1. The second kappa shape index (κ2) is 9.66. The van der Waals surface area contributed by atoms with E-state index in [4.69, 9.17) is 4.74 Å². The van der Waals surface area contributed by atoms with Crippen LogP contribution in [0.25, 0.3) is 5.69 Å². The Morgan fingerprint density at radius 2 is 1.93 bits per heavy atom. The van der Waals surface area contributed by atoms with Gasteiger partial charge in [0.15, 0.2) is 0 Å². The van der Waals surface area contributed by atoms with Gasteiger partial charge in [-0.15, -0.1) is 0 Å². The van der Waals surface area contributed by atoms with Crippen LogP contribution in [-0.2, 0) is 22.5 Å². The van der Waals surface area contributed by atoms with Gasteiger partial charge in [0.1, 0.15) is 5.75 Å². The molecule has 0 atom stereocenters. The van der Waals surface area contributed by atoms with Crippen LogP contribution >= 0.6 is 0 Å². The third-order valence-electron chi connectivity index (χ3n) is 4.20. The van der Waals surface area contributed by atoms with E-state index in [2.05, 4.69) is 20.3 Å². The normalized spacial score (nSPS) is 10.6. The number of esters is 1. The highest BCUT2D eigenvalue weighted by Gasteiger charge is 2.09. The van der Waals surface area contributed by atoms with Crippen LogP contribution in [0.2, 0.25) is 0 Å². The van der Waals surface area contributed by atoms with Gasteiger partial charge in [-0.3, -0.25) is 4.79 Å². The largest absolute Gasteiger partial charge is 0.493 e. The van der Waals surface area contributed by atoms with Gasteiger partial charge in [-0.25, -0.2) is 0 Å². The van der Waals surface area contributed by atoms with Gasteiger partial charge >= 0.3 is 5.97 Å². The second-order valence-corrected chi connectivity index (χ2v) is 6.28. The molecule has 7 heteroatoms. The van der Waals surface area contributed by atoms with Gasteiger partial charge in [-0.1, -0.05) is 30.3 Å². The van der Waals surface area contributed by atoms with E-state index in [1.54, 1.807) is 4.80 Å². The van der Waals surface area contributed by atoms with Crippen LogP contribution in [-0.4, -0.2) is 41.2 Å². The van der Waals surface area contributed by atoms with E-state index in [1.165, 1.54) is 7.11 Å². The van der Waals surface area contributed by atoms with Crippen molar-refractivity contribution < 1.29 is 14.3 Å². The molecule has 3 rings (SSSR count). The number of methoxy groups -OCH3 is 1. The number of nitrogens with zero attached hydrogens (tertiary/aromatic N) is 3. The first-order valence-corrected chi connectivity index (χ1v) is 9.13. The Morgan fingerprint density at radius 1 is 1.11 bits per heavy atom. The molecule has 1 heterocycles. The fourth-order valence-electron chi connectivity index (χ4n) is 2.71. The highest BCUT2D eigenvalue weighted by atomic mass is 16.5. The average molecular weight is 380 g/mol. The molecular weight excluding hydrogens is 356 g/mol. The minimum absolute atomic E-state index is 0.179. The van der Waals surface area contributed by atoms with Crippen LogP contribution < -0.4 is 10.1 Å². The third-order valence-corrected chi connectivity index (χ3v) is 4.20. The molecule has 28 heavy (non-hydrogen) atoms. The molecule has 7 nitrogen and oxygen atoms in total. The summed E-state index contributed by atoms with van der Waals surface area (Å²) in [5.41, 5.74) is 3.78. The molecule has 0 radical (unpaired) electrons. The monoisotopic (exact) mass is 380 g/mol. The molecule has 3 aromatic rings. The molecule has 0 aliphatic carbocycles. The van der Waals surface area contributed by atoms with Gasteiger partial charge in [0.05, 0.1) is 37.3 Å². The molecule has 0 aliphatic rings. The summed E-state index contributed by atoms with van der Waals surface area (Å²) >= 11 is 0. The zero-order valence-electron chi connectivity index (χ0n) is 16.1. The van der Waals surface area contributed by atoms with Gasteiger partial charge in [0.25, 0.3) is 0 Å². The molecule has 0 saturated heterocycles. The molecule has 0 bridgehead atoms. The quantitative estimate of drug-likeness (QED) is 0.575. The zero-order valence-corrected chi connectivity index (χ0v) is 16.1. The lowest BCUT2D eigenvalue weighted by Gasteiger charge is -2.08. The van der Waals surface area contributed by atoms with Crippen LogP contribution in [0.5, 0.6) is 5.75 Å². The minimum atomic E-state index is -0.286. The molecule has 0 aliphatic heterocycles. The number of aryl methyl sites for hydroxylation is 1. The number of ether oxygens (including phenoxy) is 2. The smallest absolute Gasteiger partial charge is 0.319 e. The Bertz CT molecular complexity index is 909. The number of para-hydroxylation sites is 1. The number of benzene rings is 2. The SMILES string of the molecule is COC(=O)CNCc1cccc(OCCc2nn(-c3ccccc3)nc2C)c1. The lowest BCUT2D eigenvalue weighted by molar-refractivity contribution is -0.139. The van der Waals surface area contributed by atoms with Gasteiger partial charge in [-0.05, 0) is 36.8 Å². The summed E-state index contributed by atoms with van der Waals surface area (Å²) < 4.78 is 10.5. The second-order valence-electron chi connectivity index (χ2n) is 6.28. The van der Waals surface area contributed by atoms with E-state index in [1.807, 2.05) is 61.5 Å². The Balaban J connectivity index is 1.52. The van der Waals surface area contributed by atoms with Crippen LogP contribution in [0.4, 0.5) is 0 Å². The van der Waals surface area contributed by atoms with Crippen LogP contribution in [0.15, 0.2) is 54.6 Å². The van der Waals surface area contributed by atoms with Crippen molar-refractivity contribution in [3.8, 4) is 11.4 Å². The molecule has 0 fully saturated rings. The Hall–Kier alpha value is -3.19. The summed E-state index contributed by atoms with van der Waals surface area (Å²) in [7, 11) is 1.37. The molecule has 0 amide bonds. The van der Waals surface area contributed by atoms with Crippen LogP contribution in [0.3, 0.4) is 0 Å². The fourth-order valence-corrected chi connectivity index (χ4v) is 2.71. The number of hydrogen-bond donors (Lipinski definition) is 1. The Labute approximate surface area is 164 Å². The molecule has 1 N–H and O–H groups in total. The van der Waals surface area contributed by atoms with Crippen molar-refractivity contribution in [2.24, 2.45) is 0 Å². The molecule has 0 spiro atoms. The van der Waals surface area contributed by atoms with E-state index in [0.717, 1.165) is 28.4 Å². The first kappa shape index (κ1) is 19.6. The van der Waals surface area contributed by atoms with E-state index in [-0.39, 0.29) is 12.5 Å². The summed E-state index contributed by atoms with van der Waals surface area (Å²) in [6.45, 7) is 3.21. The van der Waals surface area contributed by atoms with Crippen LogP contribution in [0, 0.1) is 6.92 Å². The summed E-state index contributed by atoms with van der Waals surface area (Å²) in [6, 6.07) is 17.6. The van der Waals surface area contributed by atoms with Crippen molar-refractivity contribution in [2.45, 2.75) is 19.9 Å². The molecule has 2 aromatic carbocycles. The summed E-state index contributed by atoms with van der Waals surface area (Å²) in [4.78, 5) is 12.8. The van der Waals surface area contributed by atoms with Crippen molar-refractivity contribution in [2.75, 3.05) is 20.3 Å². The van der Waals surface area contributed by atoms with Crippen molar-refractivity contribution >= 4 is 5.97 Å². The van der Waals surface area contributed by atoms with Crippen molar-refractivity contribution in [1.29, 1.82) is 0 Å². The Kier molecular flexibility index (Phi) is 6.75. The van der Waals surface area contributed by atoms with Crippen molar-refractivity contribution in [3.05, 3.63) is 71.5 Å². The molecular formula is C21H24N4O3. The Morgan fingerprint density at radius 3 is 2.71 bits per heavy atom. The number of carbonyl (C=O) groups excluding carboxylic acids is 1. The highest BCUT2D eigenvalue weighted by Crippen LogP contribution is 2.14. The minimum Gasteiger partial charge on any atom is -0.493 e. The van der Waals surface area contributed by atoms with Crippen molar-refractivity contribution in [3.63, 3.8) is 0 Å². The average Bonchev–Trinajstić information content (AvgIpc) is 3.09. The van der Waals surface area contributed by atoms with Gasteiger partial charge in [-0.2, -0.15) is 15.0 Å². The van der Waals surface area contributed by atoms with E-state index >= 15 is 0 Å². The maximum atomic E-state index is 11.1. The lowest BCUT2D eigenvalue weighted by Crippen LogP contribution is -2.23. The van der Waals surface area contributed by atoms with E-state index in [0.29, 0.717) is 19.6 Å². The first-order valence-electron chi connectivity index (χ1n) is 9.13. The topological polar surface area (TPSA) is 78.3 Å². The standard InChI is InChI=1S/C21H24N4O3/c1-16-20(24-25(23-16)18-8-4-3-5-9-18)11-12-28-19-10-6-7-17(13-19)14-22-15-21(26)27-2/h3-10,13,22H,11-12,14-15H2,1-2H3. The van der Waals surface area contributed by atoms with Gasteiger partial charge < -0.3 is 14.8 Å². The molecule has 0 unspecified atom stereocenters. The van der Waals surface area contributed by atoms with Gasteiger partial charge in [0.2, 0.25) is 0 Å². The zero-order chi connectivity index (χ0) is 19.8.